The van der Waals surface area contributed by atoms with Crippen LogP contribution >= 0.6 is 0 Å². The molecule has 0 radical (unpaired) electrons. The topological polar surface area (TPSA) is 71.5 Å². The third-order valence-electron chi connectivity index (χ3n) is 5.61. The molecule has 0 spiro atoms. The second kappa shape index (κ2) is 6.30. The van der Waals surface area contributed by atoms with Crippen LogP contribution in [0.2, 0.25) is 0 Å². The highest BCUT2D eigenvalue weighted by molar-refractivity contribution is 7.91. The van der Waals surface area contributed by atoms with Crippen molar-refractivity contribution in [2.75, 3.05) is 0 Å². The van der Waals surface area contributed by atoms with E-state index in [0.717, 1.165) is 19.3 Å². The number of likely N-dealkylation sites (tertiary alicyclic amines) is 1. The minimum absolute atomic E-state index is 0.00630. The molecule has 2 aliphatic heterocycles. The van der Waals surface area contributed by atoms with Gasteiger partial charge in [0.1, 0.15) is 0 Å². The van der Waals surface area contributed by atoms with Crippen molar-refractivity contribution in [1.29, 1.82) is 0 Å². The number of fused-ring (bicyclic) bond motifs is 2. The number of piperidine rings is 1. The molecule has 5 nitrogen and oxygen atoms in total. The molecular weight excluding hydrogens is 362 g/mol. The maximum Gasteiger partial charge on any atom is 0.254 e. The van der Waals surface area contributed by atoms with Crippen molar-refractivity contribution in [1.82, 2.24) is 4.90 Å². The summed E-state index contributed by atoms with van der Waals surface area (Å²) >= 11 is 0. The Bertz CT molecular complexity index is 1050. The molecule has 2 aromatic rings. The van der Waals surface area contributed by atoms with Gasteiger partial charge in [0.15, 0.2) is 5.78 Å². The molecule has 0 unspecified atom stereocenters. The quantitative estimate of drug-likeness (QED) is 0.645. The normalized spacial score (nSPS) is 23.5. The highest BCUT2D eigenvalue weighted by Gasteiger charge is 2.36. The standard InChI is InChI=1S/C21H21NO4S/c1-13-6-5-7-14(2)22(13)21(24)15-10-11-17-19(12-15)27(25,26)18-9-4-3-8-16(18)20(17)23/h3-4,8-14H,5-7H2,1-2H3/t13-,14-/m0/s1. The summed E-state index contributed by atoms with van der Waals surface area (Å²) in [5.74, 6) is -0.506. The van der Waals surface area contributed by atoms with Gasteiger partial charge in [0.2, 0.25) is 9.84 Å². The van der Waals surface area contributed by atoms with E-state index in [1.165, 1.54) is 24.3 Å². The van der Waals surface area contributed by atoms with Gasteiger partial charge < -0.3 is 4.90 Å². The van der Waals surface area contributed by atoms with Gasteiger partial charge >= 0.3 is 0 Å². The Morgan fingerprint density at radius 3 is 2.30 bits per heavy atom. The van der Waals surface area contributed by atoms with E-state index in [1.54, 1.807) is 18.2 Å². The minimum atomic E-state index is -3.84. The lowest BCUT2D eigenvalue weighted by Gasteiger charge is -2.39. The Morgan fingerprint density at radius 2 is 1.59 bits per heavy atom. The zero-order valence-electron chi connectivity index (χ0n) is 15.3. The molecule has 1 amide bonds. The summed E-state index contributed by atoms with van der Waals surface area (Å²) in [6.07, 6.45) is 2.95. The first-order valence-corrected chi connectivity index (χ1v) is 10.7. The van der Waals surface area contributed by atoms with Gasteiger partial charge in [0.25, 0.3) is 5.91 Å². The van der Waals surface area contributed by atoms with Crippen LogP contribution in [0.3, 0.4) is 0 Å². The summed E-state index contributed by atoms with van der Waals surface area (Å²) in [5.41, 5.74) is 0.623. The number of hydrogen-bond acceptors (Lipinski definition) is 4. The van der Waals surface area contributed by atoms with Crippen molar-refractivity contribution in [2.24, 2.45) is 0 Å². The van der Waals surface area contributed by atoms with Crippen LogP contribution in [0.5, 0.6) is 0 Å². The van der Waals surface area contributed by atoms with Crippen molar-refractivity contribution in [3.63, 3.8) is 0 Å². The molecule has 2 atom stereocenters. The van der Waals surface area contributed by atoms with Crippen LogP contribution in [-0.4, -0.2) is 37.1 Å². The van der Waals surface area contributed by atoms with E-state index in [2.05, 4.69) is 0 Å². The second-order valence-corrected chi connectivity index (χ2v) is 9.27. The van der Waals surface area contributed by atoms with Gasteiger partial charge in [0, 0.05) is 28.8 Å². The lowest BCUT2D eigenvalue weighted by molar-refractivity contribution is 0.0510. The molecule has 1 fully saturated rings. The Labute approximate surface area is 158 Å². The van der Waals surface area contributed by atoms with Crippen LogP contribution in [0.4, 0.5) is 0 Å². The molecule has 2 aliphatic rings. The van der Waals surface area contributed by atoms with Gasteiger partial charge in [-0.3, -0.25) is 9.59 Å². The molecule has 4 rings (SSSR count). The molecule has 0 N–H and O–H groups in total. The van der Waals surface area contributed by atoms with Crippen LogP contribution in [-0.2, 0) is 9.84 Å². The average molecular weight is 383 g/mol. The zero-order chi connectivity index (χ0) is 19.3. The number of carbonyl (C=O) groups excluding carboxylic acids is 2. The first kappa shape index (κ1) is 17.9. The molecule has 6 heteroatoms. The van der Waals surface area contributed by atoms with E-state index in [4.69, 9.17) is 0 Å². The van der Waals surface area contributed by atoms with Gasteiger partial charge in [-0.15, -0.1) is 0 Å². The summed E-state index contributed by atoms with van der Waals surface area (Å²) < 4.78 is 26.1. The fourth-order valence-corrected chi connectivity index (χ4v) is 5.87. The third kappa shape index (κ3) is 2.70. The summed E-state index contributed by atoms with van der Waals surface area (Å²) in [6.45, 7) is 4.03. The first-order chi connectivity index (χ1) is 12.8. The minimum Gasteiger partial charge on any atom is -0.333 e. The summed E-state index contributed by atoms with van der Waals surface area (Å²) in [4.78, 5) is 27.6. The van der Waals surface area contributed by atoms with E-state index in [1.807, 2.05) is 18.7 Å². The van der Waals surface area contributed by atoms with Gasteiger partial charge in [-0.2, -0.15) is 0 Å². The molecule has 140 valence electrons. The Morgan fingerprint density at radius 1 is 0.963 bits per heavy atom. The summed E-state index contributed by atoms with van der Waals surface area (Å²) in [5, 5.41) is 0. The van der Waals surface area contributed by atoms with E-state index in [-0.39, 0.29) is 44.7 Å². The SMILES string of the molecule is C[C@H]1CCC[C@H](C)N1C(=O)c1ccc2c(c1)S(=O)(=O)c1ccccc1C2=O. The fourth-order valence-electron chi connectivity index (χ4n) is 4.19. The third-order valence-corrected chi connectivity index (χ3v) is 7.46. The molecular formula is C21H21NO4S. The number of nitrogens with zero attached hydrogens (tertiary/aromatic N) is 1. The Balaban J connectivity index is 1.81. The molecule has 0 bridgehead atoms. The molecule has 27 heavy (non-hydrogen) atoms. The molecule has 2 aromatic carbocycles. The van der Waals surface area contributed by atoms with E-state index in [0.29, 0.717) is 5.56 Å². The van der Waals surface area contributed by atoms with Gasteiger partial charge in [0.05, 0.1) is 9.79 Å². The second-order valence-electron chi connectivity index (χ2n) is 7.38. The summed E-state index contributed by atoms with van der Waals surface area (Å²) in [7, 11) is -3.84. The Kier molecular flexibility index (Phi) is 4.18. The number of sulfone groups is 1. The number of carbonyl (C=O) groups is 2. The van der Waals surface area contributed by atoms with Gasteiger partial charge in [-0.05, 0) is 63.4 Å². The first-order valence-electron chi connectivity index (χ1n) is 9.18. The molecule has 0 aromatic heterocycles. The van der Waals surface area contributed by atoms with Crippen molar-refractivity contribution in [3.05, 3.63) is 59.2 Å². The van der Waals surface area contributed by atoms with Gasteiger partial charge in [-0.25, -0.2) is 8.42 Å². The molecule has 2 heterocycles. The average Bonchev–Trinajstić information content (AvgIpc) is 2.66. The number of hydrogen-bond donors (Lipinski definition) is 0. The van der Waals surface area contributed by atoms with Crippen molar-refractivity contribution in [3.8, 4) is 0 Å². The molecule has 0 saturated carbocycles. The van der Waals surface area contributed by atoms with Crippen LogP contribution < -0.4 is 0 Å². The van der Waals surface area contributed by atoms with Crippen LogP contribution in [0.25, 0.3) is 0 Å². The smallest absolute Gasteiger partial charge is 0.254 e. The lowest BCUT2D eigenvalue weighted by Crippen LogP contribution is -2.47. The largest absolute Gasteiger partial charge is 0.333 e. The fraction of sp³-hybridized carbons (Fsp3) is 0.333. The van der Waals surface area contributed by atoms with Crippen molar-refractivity contribution >= 4 is 21.5 Å². The van der Waals surface area contributed by atoms with Crippen molar-refractivity contribution < 1.29 is 18.0 Å². The zero-order valence-corrected chi connectivity index (χ0v) is 16.1. The molecule has 0 aliphatic carbocycles. The monoisotopic (exact) mass is 383 g/mol. The predicted octanol–water partition coefficient (Wildman–Crippen LogP) is 3.47. The number of amides is 1. The van der Waals surface area contributed by atoms with Crippen LogP contribution in [0.15, 0.2) is 52.3 Å². The van der Waals surface area contributed by atoms with Crippen molar-refractivity contribution in [2.45, 2.75) is 55.0 Å². The van der Waals surface area contributed by atoms with E-state index in [9.17, 15) is 18.0 Å². The van der Waals surface area contributed by atoms with E-state index < -0.39 is 9.84 Å². The maximum atomic E-state index is 13.1. The van der Waals surface area contributed by atoms with Crippen LogP contribution in [0, 0.1) is 0 Å². The van der Waals surface area contributed by atoms with Crippen LogP contribution in [0.1, 0.15) is 59.4 Å². The predicted molar refractivity (Wildman–Crippen MR) is 101 cm³/mol. The highest BCUT2D eigenvalue weighted by Crippen LogP contribution is 2.35. The Hall–Kier alpha value is -2.47. The molecule has 1 saturated heterocycles. The number of benzene rings is 2. The lowest BCUT2D eigenvalue weighted by atomic mass is 9.95. The number of rotatable bonds is 1. The number of ketones is 1. The highest BCUT2D eigenvalue weighted by atomic mass is 32.2. The maximum absolute atomic E-state index is 13.1. The van der Waals surface area contributed by atoms with E-state index >= 15 is 0 Å². The van der Waals surface area contributed by atoms with Gasteiger partial charge in [-0.1, -0.05) is 12.1 Å². The summed E-state index contributed by atoms with van der Waals surface area (Å²) in [6, 6.07) is 10.8.